The molecule has 0 aromatic carbocycles. The van der Waals surface area contributed by atoms with Crippen LogP contribution >= 0.6 is 0 Å². The Morgan fingerprint density at radius 2 is 2.05 bits per heavy atom. The molecule has 2 N–H and O–H groups in total. The first-order valence-corrected chi connectivity index (χ1v) is 6.33. The quantitative estimate of drug-likeness (QED) is 0.799. The van der Waals surface area contributed by atoms with Gasteiger partial charge in [-0.2, -0.15) is 5.26 Å². The molecule has 0 aliphatic carbocycles. The molecule has 0 atom stereocenters. The predicted molar refractivity (Wildman–Crippen MR) is 72.6 cm³/mol. The van der Waals surface area contributed by atoms with E-state index in [-0.39, 0.29) is 24.3 Å². The van der Waals surface area contributed by atoms with E-state index < -0.39 is 5.41 Å². The molecule has 0 aliphatic heterocycles. The highest BCUT2D eigenvalue weighted by molar-refractivity contribution is 4.92. The predicted octanol–water partition coefficient (Wildman–Crippen LogP) is 0.299. The maximum Gasteiger partial charge on any atom is 0.331 e. The van der Waals surface area contributed by atoms with Crippen LogP contribution in [0.5, 0.6) is 0 Å². The summed E-state index contributed by atoms with van der Waals surface area (Å²) in [7, 11) is 0. The van der Waals surface area contributed by atoms with Crippen LogP contribution in [0, 0.1) is 16.7 Å². The third kappa shape index (κ3) is 4.07. The SMILES string of the molecule is CC(C)(C#N)CCCn1ccc(=O)n(CCN)c1=O. The van der Waals surface area contributed by atoms with Gasteiger partial charge >= 0.3 is 5.69 Å². The lowest BCUT2D eigenvalue weighted by molar-refractivity contribution is 0.407. The zero-order valence-corrected chi connectivity index (χ0v) is 11.4. The molecular formula is C13H20N4O2. The fourth-order valence-corrected chi connectivity index (χ4v) is 1.81. The number of aromatic nitrogens is 2. The summed E-state index contributed by atoms with van der Waals surface area (Å²) in [5.74, 6) is 0. The van der Waals surface area contributed by atoms with Crippen molar-refractivity contribution in [3.05, 3.63) is 33.1 Å². The summed E-state index contributed by atoms with van der Waals surface area (Å²) in [6.07, 6.45) is 2.91. The van der Waals surface area contributed by atoms with Crippen molar-refractivity contribution in [2.24, 2.45) is 11.1 Å². The van der Waals surface area contributed by atoms with Crippen LogP contribution in [-0.2, 0) is 13.1 Å². The van der Waals surface area contributed by atoms with Crippen LogP contribution in [0.25, 0.3) is 0 Å². The average molecular weight is 264 g/mol. The summed E-state index contributed by atoms with van der Waals surface area (Å²) in [6, 6.07) is 3.59. The largest absolute Gasteiger partial charge is 0.331 e. The van der Waals surface area contributed by atoms with Gasteiger partial charge in [-0.1, -0.05) is 0 Å². The van der Waals surface area contributed by atoms with Gasteiger partial charge < -0.3 is 10.3 Å². The zero-order valence-electron chi connectivity index (χ0n) is 11.4. The normalized spacial score (nSPS) is 11.3. The molecule has 19 heavy (non-hydrogen) atoms. The highest BCUT2D eigenvalue weighted by atomic mass is 16.2. The van der Waals surface area contributed by atoms with Crippen LogP contribution in [0.2, 0.25) is 0 Å². The third-order valence-electron chi connectivity index (χ3n) is 3.00. The molecular weight excluding hydrogens is 244 g/mol. The van der Waals surface area contributed by atoms with Crippen LogP contribution in [0.1, 0.15) is 26.7 Å². The Balaban J connectivity index is 2.81. The van der Waals surface area contributed by atoms with Gasteiger partial charge in [-0.25, -0.2) is 4.79 Å². The van der Waals surface area contributed by atoms with Gasteiger partial charge in [0.25, 0.3) is 5.56 Å². The fourth-order valence-electron chi connectivity index (χ4n) is 1.81. The number of rotatable bonds is 6. The second-order valence-corrected chi connectivity index (χ2v) is 5.17. The van der Waals surface area contributed by atoms with Crippen LogP contribution in [-0.4, -0.2) is 15.7 Å². The van der Waals surface area contributed by atoms with Gasteiger partial charge in [-0.05, 0) is 26.7 Å². The van der Waals surface area contributed by atoms with E-state index in [2.05, 4.69) is 6.07 Å². The average Bonchev–Trinajstić information content (AvgIpc) is 2.37. The molecule has 0 unspecified atom stereocenters. The minimum Gasteiger partial charge on any atom is -0.329 e. The van der Waals surface area contributed by atoms with E-state index in [1.54, 1.807) is 0 Å². The number of aryl methyl sites for hydroxylation is 1. The smallest absolute Gasteiger partial charge is 0.329 e. The Labute approximate surface area is 112 Å². The number of nitrogens with two attached hydrogens (primary N) is 1. The maximum absolute atomic E-state index is 12.0. The molecule has 1 aromatic rings. The molecule has 0 amide bonds. The molecule has 1 rings (SSSR count). The van der Waals surface area contributed by atoms with Crippen LogP contribution in [0.15, 0.2) is 21.9 Å². The van der Waals surface area contributed by atoms with Crippen LogP contribution in [0.3, 0.4) is 0 Å². The first kappa shape index (κ1) is 15.2. The molecule has 0 radical (unpaired) electrons. The Morgan fingerprint density at radius 3 is 2.63 bits per heavy atom. The van der Waals surface area contributed by atoms with Crippen LogP contribution in [0.4, 0.5) is 0 Å². The lowest BCUT2D eigenvalue weighted by atomic mass is 9.90. The molecule has 0 fully saturated rings. The number of hydrogen-bond acceptors (Lipinski definition) is 4. The van der Waals surface area contributed by atoms with E-state index in [0.717, 1.165) is 4.57 Å². The van der Waals surface area contributed by atoms with Gasteiger partial charge in [0.2, 0.25) is 0 Å². The second kappa shape index (κ2) is 6.34. The summed E-state index contributed by atoms with van der Waals surface area (Å²) in [6.45, 7) is 4.70. The Bertz CT molecular complexity index is 578. The number of hydrogen-bond donors (Lipinski definition) is 1. The summed E-state index contributed by atoms with van der Waals surface area (Å²) in [5.41, 5.74) is 4.32. The van der Waals surface area contributed by atoms with E-state index >= 15 is 0 Å². The van der Waals surface area contributed by atoms with E-state index in [1.807, 2.05) is 13.8 Å². The van der Waals surface area contributed by atoms with Crippen molar-refractivity contribution in [2.45, 2.75) is 39.8 Å². The standard InChI is InChI=1S/C13H20N4O2/c1-13(2,10-15)5-3-7-16-8-4-11(18)17(9-6-14)12(16)19/h4,8H,3,5-7,9,14H2,1-2H3. The number of nitrogens with zero attached hydrogens (tertiary/aromatic N) is 3. The van der Waals surface area contributed by atoms with Gasteiger partial charge in [0.15, 0.2) is 0 Å². The first-order valence-electron chi connectivity index (χ1n) is 6.33. The zero-order chi connectivity index (χ0) is 14.5. The Hall–Kier alpha value is -1.87. The molecule has 6 nitrogen and oxygen atoms in total. The Morgan fingerprint density at radius 1 is 1.37 bits per heavy atom. The molecule has 0 saturated carbocycles. The third-order valence-corrected chi connectivity index (χ3v) is 3.00. The van der Waals surface area contributed by atoms with Gasteiger partial charge in [0.1, 0.15) is 0 Å². The minimum atomic E-state index is -0.394. The maximum atomic E-state index is 12.0. The van der Waals surface area contributed by atoms with Gasteiger partial charge in [-0.3, -0.25) is 9.36 Å². The fraction of sp³-hybridized carbons (Fsp3) is 0.615. The molecule has 104 valence electrons. The summed E-state index contributed by atoms with van der Waals surface area (Å²) in [4.78, 5) is 23.5. The van der Waals surface area contributed by atoms with Crippen molar-refractivity contribution in [1.29, 1.82) is 5.26 Å². The molecule has 0 aliphatic rings. The van der Waals surface area contributed by atoms with Crippen molar-refractivity contribution in [3.63, 3.8) is 0 Å². The van der Waals surface area contributed by atoms with Gasteiger partial charge in [-0.15, -0.1) is 0 Å². The van der Waals surface area contributed by atoms with E-state index in [4.69, 9.17) is 11.0 Å². The van der Waals surface area contributed by atoms with Crippen molar-refractivity contribution < 1.29 is 0 Å². The summed E-state index contributed by atoms with van der Waals surface area (Å²) in [5, 5.41) is 8.92. The molecule has 1 aromatic heterocycles. The van der Waals surface area contributed by atoms with Crippen molar-refractivity contribution in [2.75, 3.05) is 6.54 Å². The van der Waals surface area contributed by atoms with Gasteiger partial charge in [0.05, 0.1) is 11.5 Å². The molecule has 1 heterocycles. The van der Waals surface area contributed by atoms with E-state index in [1.165, 1.54) is 16.8 Å². The first-order chi connectivity index (χ1) is 8.91. The van der Waals surface area contributed by atoms with Crippen molar-refractivity contribution >= 4 is 0 Å². The minimum absolute atomic E-state index is 0.224. The lowest BCUT2D eigenvalue weighted by Gasteiger charge is -2.15. The monoisotopic (exact) mass is 264 g/mol. The van der Waals surface area contributed by atoms with Crippen LogP contribution < -0.4 is 17.0 Å². The lowest BCUT2D eigenvalue weighted by Crippen LogP contribution is -2.40. The van der Waals surface area contributed by atoms with E-state index in [9.17, 15) is 9.59 Å². The second-order valence-electron chi connectivity index (χ2n) is 5.17. The number of nitriles is 1. The topological polar surface area (TPSA) is 93.8 Å². The highest BCUT2D eigenvalue weighted by Gasteiger charge is 2.16. The van der Waals surface area contributed by atoms with Crippen molar-refractivity contribution in [1.82, 2.24) is 9.13 Å². The highest BCUT2D eigenvalue weighted by Crippen LogP contribution is 2.20. The Kier molecular flexibility index (Phi) is 5.07. The molecule has 0 spiro atoms. The summed E-state index contributed by atoms with van der Waals surface area (Å²) >= 11 is 0. The molecule has 0 bridgehead atoms. The molecule has 0 saturated heterocycles. The molecule has 6 heteroatoms. The summed E-state index contributed by atoms with van der Waals surface area (Å²) < 4.78 is 2.62. The van der Waals surface area contributed by atoms with E-state index in [0.29, 0.717) is 19.4 Å². The van der Waals surface area contributed by atoms with Gasteiger partial charge in [0, 0.05) is 31.9 Å². The van der Waals surface area contributed by atoms with Crippen molar-refractivity contribution in [3.8, 4) is 6.07 Å².